The minimum atomic E-state index is -0.881. The Morgan fingerprint density at radius 3 is 2.68 bits per heavy atom. The van der Waals surface area contributed by atoms with Crippen LogP contribution in [0.3, 0.4) is 0 Å². The van der Waals surface area contributed by atoms with Crippen LogP contribution in [0.1, 0.15) is 39.0 Å². The molecular weight excluding hydrogens is 308 g/mol. The molecule has 1 amide bonds. The van der Waals surface area contributed by atoms with E-state index in [0.717, 1.165) is 25.7 Å². The first-order chi connectivity index (χ1) is 10.1. The number of carboxylic acids is 1. The molecular formula is C15H27ClN2O4. The Balaban J connectivity index is 0.00000242. The fourth-order valence-corrected chi connectivity index (χ4v) is 3.41. The number of hydrogen-bond acceptors (Lipinski definition) is 4. The number of carbonyl (C=O) groups excluding carboxylic acids is 1. The van der Waals surface area contributed by atoms with Gasteiger partial charge in [0.25, 0.3) is 0 Å². The van der Waals surface area contributed by atoms with Crippen LogP contribution in [-0.2, 0) is 14.3 Å². The van der Waals surface area contributed by atoms with Crippen LogP contribution in [0.15, 0.2) is 0 Å². The van der Waals surface area contributed by atoms with E-state index in [0.29, 0.717) is 19.7 Å². The van der Waals surface area contributed by atoms with Gasteiger partial charge in [0.2, 0.25) is 5.91 Å². The minimum Gasteiger partial charge on any atom is -0.480 e. The van der Waals surface area contributed by atoms with Gasteiger partial charge < -0.3 is 14.7 Å². The zero-order valence-corrected chi connectivity index (χ0v) is 14.0. The number of carbonyl (C=O) groups is 2. The van der Waals surface area contributed by atoms with Crippen LogP contribution in [0, 0.1) is 0 Å². The Hall–Kier alpha value is -0.850. The predicted octanol–water partition coefficient (Wildman–Crippen LogP) is 1.37. The van der Waals surface area contributed by atoms with Gasteiger partial charge in [-0.2, -0.15) is 0 Å². The second-order valence-corrected chi connectivity index (χ2v) is 5.95. The Morgan fingerprint density at radius 2 is 2.00 bits per heavy atom. The lowest BCUT2D eigenvalue weighted by Crippen LogP contribution is -2.57. The minimum absolute atomic E-state index is 0. The Labute approximate surface area is 138 Å². The van der Waals surface area contributed by atoms with Gasteiger partial charge in [0, 0.05) is 6.54 Å². The molecule has 1 aliphatic carbocycles. The van der Waals surface area contributed by atoms with Crippen molar-refractivity contribution in [2.24, 2.45) is 0 Å². The van der Waals surface area contributed by atoms with E-state index < -0.39 is 5.97 Å². The van der Waals surface area contributed by atoms with Crippen molar-refractivity contribution in [3.05, 3.63) is 0 Å². The molecule has 0 radical (unpaired) electrons. The first-order valence-electron chi connectivity index (χ1n) is 7.97. The first-order valence-corrected chi connectivity index (χ1v) is 7.97. The maximum Gasteiger partial charge on any atom is 0.317 e. The maximum atomic E-state index is 12.6. The molecule has 0 spiro atoms. The average Bonchev–Trinajstić information content (AvgIpc) is 2.46. The van der Waals surface area contributed by atoms with Gasteiger partial charge in [0.15, 0.2) is 0 Å². The van der Waals surface area contributed by atoms with Crippen molar-refractivity contribution in [3.8, 4) is 0 Å². The molecule has 0 bridgehead atoms. The number of morpholine rings is 1. The smallest absolute Gasteiger partial charge is 0.317 e. The van der Waals surface area contributed by atoms with Crippen molar-refractivity contribution in [1.82, 2.24) is 9.80 Å². The molecule has 1 aliphatic heterocycles. The number of halogens is 1. The summed E-state index contributed by atoms with van der Waals surface area (Å²) in [5, 5.41) is 8.93. The van der Waals surface area contributed by atoms with Gasteiger partial charge in [-0.05, 0) is 25.8 Å². The molecule has 128 valence electrons. The van der Waals surface area contributed by atoms with Gasteiger partial charge in [-0.25, -0.2) is 0 Å². The van der Waals surface area contributed by atoms with Gasteiger partial charge in [-0.15, -0.1) is 12.4 Å². The summed E-state index contributed by atoms with van der Waals surface area (Å²) < 4.78 is 5.78. The predicted molar refractivity (Wildman–Crippen MR) is 85.3 cm³/mol. The van der Waals surface area contributed by atoms with E-state index in [9.17, 15) is 9.59 Å². The summed E-state index contributed by atoms with van der Waals surface area (Å²) in [6.45, 7) is 3.98. The van der Waals surface area contributed by atoms with Crippen molar-refractivity contribution in [2.75, 3.05) is 32.8 Å². The fourth-order valence-electron chi connectivity index (χ4n) is 3.41. The van der Waals surface area contributed by atoms with Crippen LogP contribution < -0.4 is 0 Å². The number of ether oxygens (including phenoxy) is 1. The summed E-state index contributed by atoms with van der Waals surface area (Å²) in [6.07, 6.45) is 5.36. The highest BCUT2D eigenvalue weighted by atomic mass is 35.5. The molecule has 2 unspecified atom stereocenters. The Bertz CT molecular complexity index is 379. The summed E-state index contributed by atoms with van der Waals surface area (Å²) in [5.74, 6) is -0.835. The summed E-state index contributed by atoms with van der Waals surface area (Å²) in [6, 6.07) is 0.188. The summed E-state index contributed by atoms with van der Waals surface area (Å²) in [7, 11) is 0. The standard InChI is InChI=1S/C15H26N2O4.ClH/c1-2-7-16(11-15(19)20)10-14(18)17-8-9-21-13-6-4-3-5-12(13)17;/h12-13H,2-11H2,1H3,(H,19,20);1H. The lowest BCUT2D eigenvalue weighted by atomic mass is 9.90. The fraction of sp³-hybridized carbons (Fsp3) is 0.867. The quantitative estimate of drug-likeness (QED) is 0.794. The van der Waals surface area contributed by atoms with Crippen molar-refractivity contribution < 1.29 is 19.4 Å². The summed E-state index contributed by atoms with van der Waals surface area (Å²) in [4.78, 5) is 27.1. The van der Waals surface area contributed by atoms with Gasteiger partial charge in [-0.3, -0.25) is 14.5 Å². The van der Waals surface area contributed by atoms with Gasteiger partial charge in [0.1, 0.15) is 0 Å². The molecule has 2 rings (SSSR count). The van der Waals surface area contributed by atoms with E-state index in [1.54, 1.807) is 4.90 Å². The molecule has 2 aliphatic rings. The topological polar surface area (TPSA) is 70.1 Å². The molecule has 1 saturated heterocycles. The van der Waals surface area contributed by atoms with Crippen molar-refractivity contribution in [2.45, 2.75) is 51.2 Å². The summed E-state index contributed by atoms with van der Waals surface area (Å²) in [5.41, 5.74) is 0. The maximum absolute atomic E-state index is 12.6. The molecule has 1 saturated carbocycles. The molecule has 0 aromatic rings. The van der Waals surface area contributed by atoms with Crippen LogP contribution in [0.25, 0.3) is 0 Å². The van der Waals surface area contributed by atoms with Crippen LogP contribution in [-0.4, -0.2) is 71.7 Å². The molecule has 2 atom stereocenters. The molecule has 7 heteroatoms. The average molecular weight is 335 g/mol. The largest absolute Gasteiger partial charge is 0.480 e. The van der Waals surface area contributed by atoms with E-state index in [4.69, 9.17) is 9.84 Å². The number of amides is 1. The van der Waals surface area contributed by atoms with E-state index in [-0.39, 0.29) is 43.5 Å². The molecule has 1 N–H and O–H groups in total. The summed E-state index contributed by atoms with van der Waals surface area (Å²) >= 11 is 0. The third-order valence-electron chi connectivity index (χ3n) is 4.31. The van der Waals surface area contributed by atoms with Crippen LogP contribution in [0.2, 0.25) is 0 Å². The van der Waals surface area contributed by atoms with E-state index in [2.05, 4.69) is 0 Å². The second kappa shape index (κ2) is 9.33. The lowest BCUT2D eigenvalue weighted by molar-refractivity contribution is -0.151. The zero-order chi connectivity index (χ0) is 15.2. The first kappa shape index (κ1) is 19.2. The number of aliphatic carboxylic acids is 1. The van der Waals surface area contributed by atoms with Gasteiger partial charge in [-0.1, -0.05) is 19.8 Å². The lowest BCUT2D eigenvalue weighted by Gasteiger charge is -2.44. The molecule has 22 heavy (non-hydrogen) atoms. The third-order valence-corrected chi connectivity index (χ3v) is 4.31. The molecule has 6 nitrogen and oxygen atoms in total. The molecule has 2 fully saturated rings. The Kier molecular flexibility index (Phi) is 8.14. The molecule has 1 heterocycles. The molecule has 0 aromatic heterocycles. The monoisotopic (exact) mass is 334 g/mol. The van der Waals surface area contributed by atoms with Gasteiger partial charge >= 0.3 is 5.97 Å². The highest BCUT2D eigenvalue weighted by Crippen LogP contribution is 2.28. The van der Waals surface area contributed by atoms with Crippen LogP contribution in [0.4, 0.5) is 0 Å². The highest BCUT2D eigenvalue weighted by Gasteiger charge is 2.36. The molecule has 0 aromatic carbocycles. The van der Waals surface area contributed by atoms with Crippen LogP contribution >= 0.6 is 12.4 Å². The second-order valence-electron chi connectivity index (χ2n) is 5.95. The van der Waals surface area contributed by atoms with Crippen molar-refractivity contribution >= 4 is 24.3 Å². The van der Waals surface area contributed by atoms with Crippen LogP contribution in [0.5, 0.6) is 0 Å². The normalized spacial score (nSPS) is 24.5. The van der Waals surface area contributed by atoms with E-state index in [1.165, 1.54) is 6.42 Å². The SMILES string of the molecule is CCCN(CC(=O)O)CC(=O)N1CCOC2CCCCC21.Cl. The number of carboxylic acid groups (broad SMARTS) is 1. The van der Waals surface area contributed by atoms with Crippen molar-refractivity contribution in [1.29, 1.82) is 0 Å². The van der Waals surface area contributed by atoms with Crippen molar-refractivity contribution in [3.63, 3.8) is 0 Å². The third kappa shape index (κ3) is 5.11. The number of fused-ring (bicyclic) bond motifs is 1. The van der Waals surface area contributed by atoms with Gasteiger partial charge in [0.05, 0.1) is 31.8 Å². The van der Waals surface area contributed by atoms with E-state index in [1.807, 2.05) is 11.8 Å². The zero-order valence-electron chi connectivity index (χ0n) is 13.2. The number of hydrogen-bond donors (Lipinski definition) is 1. The number of rotatable bonds is 6. The van der Waals surface area contributed by atoms with E-state index >= 15 is 0 Å². The number of nitrogens with zero attached hydrogens (tertiary/aromatic N) is 2. The Morgan fingerprint density at radius 1 is 1.27 bits per heavy atom. The highest BCUT2D eigenvalue weighted by molar-refractivity contribution is 5.85.